The average Bonchev–Trinajstić information content (AvgIpc) is 3.22. The molecule has 27 heavy (non-hydrogen) atoms. The maximum atomic E-state index is 12.2. The minimum atomic E-state index is -1.02. The summed E-state index contributed by atoms with van der Waals surface area (Å²) < 4.78 is 0. The van der Waals surface area contributed by atoms with Crippen molar-refractivity contribution >= 4 is 34.6 Å². The molecule has 3 aromatic rings. The Morgan fingerprint density at radius 2 is 1.85 bits per heavy atom. The average molecular weight is 380 g/mol. The molecule has 3 rings (SSSR count). The van der Waals surface area contributed by atoms with E-state index in [9.17, 15) is 14.7 Å². The first kappa shape index (κ1) is 18.7. The summed E-state index contributed by atoms with van der Waals surface area (Å²) in [7, 11) is 0. The third-order valence-electron chi connectivity index (χ3n) is 4.17. The standard InChI is InChI=1S/C21H20N2O3S/c1-2-23(14-15-7-4-3-5-8-15)18-11-10-16(13-17(18)21(25)26)22-20(24)19-9-6-12-27-19/h3-13H,2,14H2,1H3,(H,22,24)(H,25,26). The van der Waals surface area contributed by atoms with E-state index >= 15 is 0 Å². The number of carbonyl (C=O) groups is 2. The molecule has 0 atom stereocenters. The predicted octanol–water partition coefficient (Wildman–Crippen LogP) is 4.73. The van der Waals surface area contributed by atoms with Crippen LogP contribution in [0.1, 0.15) is 32.5 Å². The van der Waals surface area contributed by atoms with Crippen LogP contribution in [-0.2, 0) is 6.54 Å². The molecule has 6 heteroatoms. The fourth-order valence-electron chi connectivity index (χ4n) is 2.83. The van der Waals surface area contributed by atoms with Gasteiger partial charge in [-0.25, -0.2) is 4.79 Å². The van der Waals surface area contributed by atoms with E-state index in [1.807, 2.05) is 47.5 Å². The summed E-state index contributed by atoms with van der Waals surface area (Å²) in [4.78, 5) is 26.6. The Bertz CT molecular complexity index is 924. The van der Waals surface area contributed by atoms with E-state index in [1.165, 1.54) is 17.4 Å². The molecule has 0 aliphatic carbocycles. The van der Waals surface area contributed by atoms with E-state index in [0.29, 0.717) is 29.3 Å². The van der Waals surface area contributed by atoms with Crippen LogP contribution in [0.3, 0.4) is 0 Å². The molecular weight excluding hydrogens is 360 g/mol. The Kier molecular flexibility index (Phi) is 5.88. The normalized spacial score (nSPS) is 10.4. The van der Waals surface area contributed by atoms with Gasteiger partial charge in [-0.2, -0.15) is 0 Å². The van der Waals surface area contributed by atoms with Crippen molar-refractivity contribution in [3.8, 4) is 0 Å². The summed E-state index contributed by atoms with van der Waals surface area (Å²) >= 11 is 1.34. The van der Waals surface area contributed by atoms with E-state index in [-0.39, 0.29) is 11.5 Å². The maximum Gasteiger partial charge on any atom is 0.337 e. The number of carboxylic acid groups (broad SMARTS) is 1. The molecule has 0 radical (unpaired) electrons. The first-order valence-corrected chi connectivity index (χ1v) is 9.47. The van der Waals surface area contributed by atoms with Gasteiger partial charge in [0.2, 0.25) is 0 Å². The van der Waals surface area contributed by atoms with E-state index in [4.69, 9.17) is 0 Å². The topological polar surface area (TPSA) is 69.6 Å². The Morgan fingerprint density at radius 1 is 1.07 bits per heavy atom. The first-order chi connectivity index (χ1) is 13.1. The summed E-state index contributed by atoms with van der Waals surface area (Å²) in [6.07, 6.45) is 0. The van der Waals surface area contributed by atoms with E-state index in [1.54, 1.807) is 24.3 Å². The Labute approximate surface area is 161 Å². The molecule has 5 nitrogen and oxygen atoms in total. The van der Waals surface area contributed by atoms with Crippen molar-refractivity contribution in [2.24, 2.45) is 0 Å². The van der Waals surface area contributed by atoms with Gasteiger partial charge in [0.1, 0.15) is 0 Å². The second-order valence-corrected chi connectivity index (χ2v) is 6.92. The van der Waals surface area contributed by atoms with Crippen LogP contribution in [0.15, 0.2) is 66.0 Å². The van der Waals surface area contributed by atoms with Crippen molar-refractivity contribution in [1.29, 1.82) is 0 Å². The molecule has 0 saturated carbocycles. The van der Waals surface area contributed by atoms with Crippen molar-refractivity contribution < 1.29 is 14.7 Å². The maximum absolute atomic E-state index is 12.2. The van der Waals surface area contributed by atoms with Crippen LogP contribution in [0.25, 0.3) is 0 Å². The lowest BCUT2D eigenvalue weighted by Crippen LogP contribution is -2.24. The Morgan fingerprint density at radius 3 is 2.48 bits per heavy atom. The highest BCUT2D eigenvalue weighted by molar-refractivity contribution is 7.12. The lowest BCUT2D eigenvalue weighted by molar-refractivity contribution is 0.0697. The molecule has 2 N–H and O–H groups in total. The van der Waals surface area contributed by atoms with Crippen molar-refractivity contribution in [2.75, 3.05) is 16.8 Å². The van der Waals surface area contributed by atoms with Gasteiger partial charge in [0.15, 0.2) is 0 Å². The van der Waals surface area contributed by atoms with E-state index in [0.717, 1.165) is 5.56 Å². The zero-order valence-corrected chi connectivity index (χ0v) is 15.7. The smallest absolute Gasteiger partial charge is 0.337 e. The molecule has 0 aliphatic rings. The summed E-state index contributed by atoms with van der Waals surface area (Å²) in [6.45, 7) is 3.26. The number of aromatic carboxylic acids is 1. The molecule has 1 heterocycles. The summed E-state index contributed by atoms with van der Waals surface area (Å²) in [6, 6.07) is 18.4. The highest BCUT2D eigenvalue weighted by atomic mass is 32.1. The number of amides is 1. The summed E-state index contributed by atoms with van der Waals surface area (Å²) in [5, 5.41) is 14.3. The van der Waals surface area contributed by atoms with E-state index < -0.39 is 5.97 Å². The number of thiophene rings is 1. The summed E-state index contributed by atoms with van der Waals surface area (Å²) in [5.41, 5.74) is 2.36. The van der Waals surface area contributed by atoms with Crippen LogP contribution in [0.5, 0.6) is 0 Å². The highest BCUT2D eigenvalue weighted by Gasteiger charge is 2.17. The summed E-state index contributed by atoms with van der Waals surface area (Å²) in [5.74, 6) is -1.27. The molecule has 0 spiro atoms. The number of benzene rings is 2. The van der Waals surface area contributed by atoms with Crippen molar-refractivity contribution in [3.63, 3.8) is 0 Å². The number of hydrogen-bond donors (Lipinski definition) is 2. The molecule has 1 aromatic heterocycles. The van der Waals surface area contributed by atoms with Gasteiger partial charge < -0.3 is 15.3 Å². The third kappa shape index (κ3) is 4.54. The van der Waals surface area contributed by atoms with Crippen LogP contribution in [0.4, 0.5) is 11.4 Å². The van der Waals surface area contributed by atoms with Gasteiger partial charge in [-0.05, 0) is 42.1 Å². The number of anilines is 2. The predicted molar refractivity (Wildman–Crippen MR) is 109 cm³/mol. The largest absolute Gasteiger partial charge is 0.478 e. The molecule has 0 aliphatic heterocycles. The SMILES string of the molecule is CCN(Cc1ccccc1)c1ccc(NC(=O)c2cccs2)cc1C(=O)O. The van der Waals surface area contributed by atoms with Gasteiger partial charge in [0.25, 0.3) is 5.91 Å². The molecule has 1 amide bonds. The first-order valence-electron chi connectivity index (χ1n) is 8.59. The second-order valence-electron chi connectivity index (χ2n) is 5.97. The molecule has 2 aromatic carbocycles. The highest BCUT2D eigenvalue weighted by Crippen LogP contribution is 2.26. The molecule has 0 unspecified atom stereocenters. The number of carboxylic acids is 1. The van der Waals surface area contributed by atoms with Crippen LogP contribution in [0, 0.1) is 0 Å². The van der Waals surface area contributed by atoms with Gasteiger partial charge in [-0.1, -0.05) is 36.4 Å². The second kappa shape index (κ2) is 8.51. The van der Waals surface area contributed by atoms with Gasteiger partial charge in [0.05, 0.1) is 16.1 Å². The van der Waals surface area contributed by atoms with Crippen LogP contribution >= 0.6 is 11.3 Å². The zero-order valence-electron chi connectivity index (χ0n) is 14.9. The van der Waals surface area contributed by atoms with Gasteiger partial charge >= 0.3 is 5.97 Å². The van der Waals surface area contributed by atoms with Gasteiger partial charge in [-0.3, -0.25) is 4.79 Å². The van der Waals surface area contributed by atoms with Crippen molar-refractivity contribution in [3.05, 3.63) is 82.0 Å². The molecule has 0 bridgehead atoms. The monoisotopic (exact) mass is 380 g/mol. The number of nitrogens with one attached hydrogen (secondary N) is 1. The lowest BCUT2D eigenvalue weighted by atomic mass is 10.1. The number of rotatable bonds is 7. The van der Waals surface area contributed by atoms with Gasteiger partial charge in [-0.15, -0.1) is 11.3 Å². The fraction of sp³-hybridized carbons (Fsp3) is 0.143. The number of nitrogens with zero attached hydrogens (tertiary/aromatic N) is 1. The molecule has 0 saturated heterocycles. The minimum Gasteiger partial charge on any atom is -0.478 e. The van der Waals surface area contributed by atoms with Crippen LogP contribution in [0.2, 0.25) is 0 Å². The number of hydrogen-bond acceptors (Lipinski definition) is 4. The van der Waals surface area contributed by atoms with Crippen LogP contribution < -0.4 is 10.2 Å². The van der Waals surface area contributed by atoms with Crippen LogP contribution in [-0.4, -0.2) is 23.5 Å². The molecule has 0 fully saturated rings. The Balaban J connectivity index is 1.86. The van der Waals surface area contributed by atoms with E-state index in [2.05, 4.69) is 5.32 Å². The molecular formula is C21H20N2O3S. The number of carbonyl (C=O) groups excluding carboxylic acids is 1. The lowest BCUT2D eigenvalue weighted by Gasteiger charge is -2.25. The van der Waals surface area contributed by atoms with Crippen molar-refractivity contribution in [1.82, 2.24) is 0 Å². The Hall–Kier alpha value is -3.12. The third-order valence-corrected chi connectivity index (χ3v) is 5.04. The fourth-order valence-corrected chi connectivity index (χ4v) is 3.45. The molecule has 138 valence electrons. The van der Waals surface area contributed by atoms with Crippen molar-refractivity contribution in [2.45, 2.75) is 13.5 Å². The minimum absolute atomic E-state index is 0.164. The van der Waals surface area contributed by atoms with Gasteiger partial charge in [0, 0.05) is 18.8 Å². The zero-order chi connectivity index (χ0) is 19.2. The quantitative estimate of drug-likeness (QED) is 0.622.